The van der Waals surface area contributed by atoms with Gasteiger partial charge in [0, 0.05) is 6.07 Å². The smallest absolute Gasteiger partial charge is 0.335 e. The topological polar surface area (TPSA) is 83.9 Å². The fraction of sp³-hybridized carbons (Fsp3) is 0.188. The number of ether oxygens (including phenoxy) is 1. The van der Waals surface area contributed by atoms with Crippen molar-refractivity contribution in [3.63, 3.8) is 0 Å². The summed E-state index contributed by atoms with van der Waals surface area (Å²) < 4.78 is 30.9. The quantitative estimate of drug-likeness (QED) is 0.877. The van der Waals surface area contributed by atoms with Crippen molar-refractivity contribution < 1.29 is 23.1 Å². The minimum absolute atomic E-state index is 0.0458. The van der Waals surface area contributed by atoms with Gasteiger partial charge in [-0.3, -0.25) is 0 Å². The lowest BCUT2D eigenvalue weighted by atomic mass is 10.2. The van der Waals surface area contributed by atoms with E-state index in [1.54, 1.807) is 37.3 Å². The number of rotatable bonds is 6. The van der Waals surface area contributed by atoms with E-state index in [0.29, 0.717) is 18.0 Å². The molecule has 0 atom stereocenters. The van der Waals surface area contributed by atoms with Crippen LogP contribution in [-0.4, -0.2) is 32.4 Å². The van der Waals surface area contributed by atoms with Crippen LogP contribution in [-0.2, 0) is 10.0 Å². The second-order valence-corrected chi connectivity index (χ2v) is 6.65. The predicted octanol–water partition coefficient (Wildman–Crippen LogP) is 2.88. The summed E-state index contributed by atoms with van der Waals surface area (Å²) in [4.78, 5) is 11.3. The minimum Gasteiger partial charge on any atom is -0.494 e. The number of carboxylic acids is 1. The van der Waals surface area contributed by atoms with Gasteiger partial charge in [0.05, 0.1) is 29.8 Å². The van der Waals surface area contributed by atoms with E-state index in [1.165, 1.54) is 18.2 Å². The molecule has 0 spiro atoms. The summed E-state index contributed by atoms with van der Waals surface area (Å²) in [6.45, 7) is 2.10. The highest BCUT2D eigenvalue weighted by Gasteiger charge is 2.22. The predicted molar refractivity (Wildman–Crippen MR) is 88.0 cm³/mol. The molecule has 122 valence electrons. The molecule has 0 radical (unpaired) electrons. The first kappa shape index (κ1) is 16.8. The summed E-state index contributed by atoms with van der Waals surface area (Å²) in [7, 11) is -3.66. The second kappa shape index (κ2) is 6.70. The van der Waals surface area contributed by atoms with Crippen LogP contribution in [0.5, 0.6) is 5.75 Å². The molecule has 0 saturated heterocycles. The molecule has 0 aliphatic carbocycles. The fourth-order valence-corrected chi connectivity index (χ4v) is 3.16. The van der Waals surface area contributed by atoms with E-state index in [1.807, 2.05) is 0 Å². The van der Waals surface area contributed by atoms with Crippen LogP contribution in [0.3, 0.4) is 0 Å². The van der Waals surface area contributed by atoms with Gasteiger partial charge >= 0.3 is 5.97 Å². The van der Waals surface area contributed by atoms with Gasteiger partial charge in [0.15, 0.2) is 0 Å². The number of aromatic carboxylic acids is 1. The molecule has 2 rings (SSSR count). The van der Waals surface area contributed by atoms with Crippen LogP contribution in [0.15, 0.2) is 48.5 Å². The first-order valence-electron chi connectivity index (χ1n) is 6.89. The van der Waals surface area contributed by atoms with Gasteiger partial charge in [-0.1, -0.05) is 18.2 Å². The highest BCUT2D eigenvalue weighted by atomic mass is 32.2. The standard InChI is InChI=1S/C16H17NO5S/c1-3-22-15-10-12(16(18)19)9-14(11-15)17(23(2,20)21)13-7-5-4-6-8-13/h4-11H,3H2,1-2H3,(H,18,19). The van der Waals surface area contributed by atoms with Crippen LogP contribution in [0.25, 0.3) is 0 Å². The van der Waals surface area contributed by atoms with E-state index >= 15 is 0 Å². The van der Waals surface area contributed by atoms with Gasteiger partial charge in [-0.15, -0.1) is 0 Å². The number of carboxylic acid groups (broad SMARTS) is 1. The third-order valence-corrected chi connectivity index (χ3v) is 4.09. The molecule has 0 saturated carbocycles. The molecule has 7 heteroatoms. The van der Waals surface area contributed by atoms with Crippen molar-refractivity contribution in [3.05, 3.63) is 54.1 Å². The molecule has 0 aromatic heterocycles. The zero-order valence-electron chi connectivity index (χ0n) is 12.8. The zero-order chi connectivity index (χ0) is 17.0. The Morgan fingerprint density at radius 3 is 2.30 bits per heavy atom. The molecule has 2 aromatic carbocycles. The molecule has 0 heterocycles. The number of anilines is 2. The molecule has 0 aliphatic rings. The van der Waals surface area contributed by atoms with E-state index in [0.717, 1.165) is 10.6 Å². The Bertz CT molecular complexity index is 802. The summed E-state index contributed by atoms with van der Waals surface area (Å²) >= 11 is 0. The van der Waals surface area contributed by atoms with Crippen molar-refractivity contribution in [2.24, 2.45) is 0 Å². The molecule has 0 aliphatic heterocycles. The van der Waals surface area contributed by atoms with E-state index in [2.05, 4.69) is 0 Å². The van der Waals surface area contributed by atoms with Gasteiger partial charge in [-0.05, 0) is 31.2 Å². The lowest BCUT2D eigenvalue weighted by molar-refractivity contribution is 0.0696. The summed E-state index contributed by atoms with van der Waals surface area (Å²) in [5, 5.41) is 9.23. The normalized spacial score (nSPS) is 11.0. The number of hydrogen-bond acceptors (Lipinski definition) is 4. The molecule has 23 heavy (non-hydrogen) atoms. The van der Waals surface area contributed by atoms with Gasteiger partial charge in [-0.25, -0.2) is 17.5 Å². The van der Waals surface area contributed by atoms with Gasteiger partial charge in [0.25, 0.3) is 0 Å². The average molecular weight is 335 g/mol. The molecule has 2 aromatic rings. The van der Waals surface area contributed by atoms with E-state index in [-0.39, 0.29) is 11.3 Å². The van der Waals surface area contributed by atoms with Crippen molar-refractivity contribution in [2.45, 2.75) is 6.92 Å². The maximum Gasteiger partial charge on any atom is 0.335 e. The van der Waals surface area contributed by atoms with Gasteiger partial charge in [-0.2, -0.15) is 0 Å². The fourth-order valence-electron chi connectivity index (χ4n) is 2.17. The molecule has 1 N–H and O–H groups in total. The maximum atomic E-state index is 12.2. The highest BCUT2D eigenvalue weighted by Crippen LogP contribution is 2.32. The summed E-state index contributed by atoms with van der Waals surface area (Å²) in [6, 6.07) is 12.6. The van der Waals surface area contributed by atoms with Crippen LogP contribution in [0.2, 0.25) is 0 Å². The van der Waals surface area contributed by atoms with Crippen molar-refractivity contribution in [3.8, 4) is 5.75 Å². The number of hydrogen-bond donors (Lipinski definition) is 1. The molecule has 0 unspecified atom stereocenters. The maximum absolute atomic E-state index is 12.2. The Morgan fingerprint density at radius 1 is 1.13 bits per heavy atom. The molecule has 0 bridgehead atoms. The third-order valence-electron chi connectivity index (χ3n) is 3.01. The number of carbonyl (C=O) groups is 1. The number of sulfonamides is 1. The molecule has 6 nitrogen and oxygen atoms in total. The van der Waals surface area contributed by atoms with Crippen LogP contribution in [0, 0.1) is 0 Å². The van der Waals surface area contributed by atoms with Crippen molar-refractivity contribution in [1.82, 2.24) is 0 Å². The Kier molecular flexibility index (Phi) is 4.90. The Balaban J connectivity index is 2.65. The summed E-state index contributed by atoms with van der Waals surface area (Å²) in [6.07, 6.45) is 1.06. The molecular weight excluding hydrogens is 318 g/mol. The van der Waals surface area contributed by atoms with Crippen LogP contribution < -0.4 is 9.04 Å². The molecule has 0 fully saturated rings. The van der Waals surface area contributed by atoms with Gasteiger partial charge < -0.3 is 9.84 Å². The highest BCUT2D eigenvalue weighted by molar-refractivity contribution is 7.92. The Morgan fingerprint density at radius 2 is 1.78 bits per heavy atom. The lowest BCUT2D eigenvalue weighted by Gasteiger charge is -2.23. The van der Waals surface area contributed by atoms with Gasteiger partial charge in [0.2, 0.25) is 10.0 Å². The Hall–Kier alpha value is -2.54. The third kappa shape index (κ3) is 4.01. The van der Waals surface area contributed by atoms with Crippen LogP contribution in [0.1, 0.15) is 17.3 Å². The SMILES string of the molecule is CCOc1cc(C(=O)O)cc(N(c2ccccc2)S(C)(=O)=O)c1. The number of para-hydroxylation sites is 1. The summed E-state index contributed by atoms with van der Waals surface area (Å²) in [5.74, 6) is -0.860. The lowest BCUT2D eigenvalue weighted by Crippen LogP contribution is -2.25. The van der Waals surface area contributed by atoms with E-state index in [4.69, 9.17) is 4.74 Å². The van der Waals surface area contributed by atoms with Gasteiger partial charge in [0.1, 0.15) is 5.75 Å². The molecule has 0 amide bonds. The monoisotopic (exact) mass is 335 g/mol. The number of nitrogens with zero attached hydrogens (tertiary/aromatic N) is 1. The first-order chi connectivity index (χ1) is 10.8. The molecular formula is C16H17NO5S. The minimum atomic E-state index is -3.66. The largest absolute Gasteiger partial charge is 0.494 e. The number of benzene rings is 2. The first-order valence-corrected chi connectivity index (χ1v) is 8.74. The van der Waals surface area contributed by atoms with E-state index in [9.17, 15) is 18.3 Å². The van der Waals surface area contributed by atoms with Crippen LogP contribution in [0.4, 0.5) is 11.4 Å². The summed E-state index contributed by atoms with van der Waals surface area (Å²) in [5.41, 5.74) is 0.581. The Labute approximate surface area is 135 Å². The van der Waals surface area contributed by atoms with Crippen molar-refractivity contribution in [2.75, 3.05) is 17.2 Å². The van der Waals surface area contributed by atoms with Crippen molar-refractivity contribution >= 4 is 27.4 Å². The van der Waals surface area contributed by atoms with Crippen LogP contribution >= 0.6 is 0 Å². The van der Waals surface area contributed by atoms with Crippen molar-refractivity contribution in [1.29, 1.82) is 0 Å². The zero-order valence-corrected chi connectivity index (χ0v) is 13.6. The second-order valence-electron chi connectivity index (χ2n) is 4.82. The van der Waals surface area contributed by atoms with E-state index < -0.39 is 16.0 Å². The average Bonchev–Trinajstić information content (AvgIpc) is 2.47.